The van der Waals surface area contributed by atoms with Gasteiger partial charge in [-0.25, -0.2) is 13.1 Å². The van der Waals surface area contributed by atoms with Crippen molar-refractivity contribution in [2.45, 2.75) is 6.54 Å². The summed E-state index contributed by atoms with van der Waals surface area (Å²) in [6, 6.07) is 5.73. The molecule has 0 aromatic heterocycles. The van der Waals surface area contributed by atoms with Crippen LogP contribution in [0.2, 0.25) is 0 Å². The van der Waals surface area contributed by atoms with Crippen LogP contribution in [-0.2, 0) is 16.6 Å². The van der Waals surface area contributed by atoms with Crippen molar-refractivity contribution >= 4 is 10.0 Å². The summed E-state index contributed by atoms with van der Waals surface area (Å²) in [6.45, 7) is 1.87. The summed E-state index contributed by atoms with van der Waals surface area (Å²) in [4.78, 5) is 0. The Morgan fingerprint density at radius 1 is 1.22 bits per heavy atom. The van der Waals surface area contributed by atoms with E-state index < -0.39 is 10.0 Å². The highest BCUT2D eigenvalue weighted by atomic mass is 32.2. The monoisotopic (exact) mass is 272 g/mol. The summed E-state index contributed by atoms with van der Waals surface area (Å²) in [5.41, 5.74) is 1.07. The number of rotatable bonds is 6. The van der Waals surface area contributed by atoms with Gasteiger partial charge in [0.2, 0.25) is 16.8 Å². The van der Waals surface area contributed by atoms with Gasteiger partial charge in [-0.15, -0.1) is 0 Å². The zero-order valence-corrected chi connectivity index (χ0v) is 10.9. The fourth-order valence-electron chi connectivity index (χ4n) is 1.61. The van der Waals surface area contributed by atoms with Crippen LogP contribution in [0.15, 0.2) is 18.2 Å². The predicted octanol–water partition coefficient (Wildman–Crippen LogP) is 0.0541. The minimum atomic E-state index is -3.10. The smallest absolute Gasteiger partial charge is 0.231 e. The van der Waals surface area contributed by atoms with E-state index in [9.17, 15) is 8.42 Å². The molecule has 0 saturated heterocycles. The Morgan fingerprint density at radius 2 is 2.00 bits per heavy atom. The molecule has 0 amide bonds. The Balaban J connectivity index is 1.74. The molecule has 0 unspecified atom stereocenters. The molecular weight excluding hydrogens is 256 g/mol. The number of sulfonamides is 1. The molecule has 0 atom stereocenters. The van der Waals surface area contributed by atoms with Crippen molar-refractivity contribution in [3.8, 4) is 11.5 Å². The van der Waals surface area contributed by atoms with E-state index in [2.05, 4.69) is 10.0 Å². The van der Waals surface area contributed by atoms with Crippen molar-refractivity contribution < 1.29 is 17.9 Å². The topological polar surface area (TPSA) is 76.7 Å². The van der Waals surface area contributed by atoms with Crippen LogP contribution in [0.4, 0.5) is 0 Å². The number of ether oxygens (including phenoxy) is 2. The lowest BCUT2D eigenvalue weighted by Gasteiger charge is -2.06. The Kier molecular flexibility index (Phi) is 4.05. The van der Waals surface area contributed by atoms with E-state index in [1.165, 1.54) is 0 Å². The maximum atomic E-state index is 10.8. The van der Waals surface area contributed by atoms with Crippen LogP contribution in [0, 0.1) is 0 Å². The quantitative estimate of drug-likeness (QED) is 0.716. The Bertz CT molecular complexity index is 516. The first-order valence-electron chi connectivity index (χ1n) is 5.58. The minimum absolute atomic E-state index is 0.268. The molecule has 1 aliphatic heterocycles. The van der Waals surface area contributed by atoms with Gasteiger partial charge >= 0.3 is 0 Å². The lowest BCUT2D eigenvalue weighted by atomic mass is 10.2. The molecule has 1 aromatic carbocycles. The second-order valence-electron chi connectivity index (χ2n) is 4.03. The highest BCUT2D eigenvalue weighted by Crippen LogP contribution is 2.32. The zero-order chi connectivity index (χ0) is 13.0. The first-order valence-corrected chi connectivity index (χ1v) is 7.47. The minimum Gasteiger partial charge on any atom is -0.454 e. The third-order valence-corrected chi connectivity index (χ3v) is 3.16. The van der Waals surface area contributed by atoms with Gasteiger partial charge in [0.25, 0.3) is 0 Å². The second-order valence-corrected chi connectivity index (χ2v) is 5.86. The van der Waals surface area contributed by atoms with E-state index >= 15 is 0 Å². The molecule has 1 heterocycles. The van der Waals surface area contributed by atoms with E-state index in [1.54, 1.807) is 0 Å². The van der Waals surface area contributed by atoms with Crippen molar-refractivity contribution in [3.05, 3.63) is 23.8 Å². The summed E-state index contributed by atoms with van der Waals surface area (Å²) < 4.78 is 34.5. The molecule has 6 nitrogen and oxygen atoms in total. The van der Waals surface area contributed by atoms with E-state index in [1.807, 2.05) is 18.2 Å². The van der Waals surface area contributed by atoms with Gasteiger partial charge in [-0.1, -0.05) is 6.07 Å². The highest BCUT2D eigenvalue weighted by Gasteiger charge is 2.12. The SMILES string of the molecule is CS(=O)(=O)NCCNCc1ccc2c(c1)OCO2. The maximum Gasteiger partial charge on any atom is 0.231 e. The van der Waals surface area contributed by atoms with E-state index in [4.69, 9.17) is 9.47 Å². The molecule has 7 heteroatoms. The predicted molar refractivity (Wildman–Crippen MR) is 67.1 cm³/mol. The largest absolute Gasteiger partial charge is 0.454 e. The van der Waals surface area contributed by atoms with E-state index in [0.717, 1.165) is 23.3 Å². The summed E-state index contributed by atoms with van der Waals surface area (Å²) in [7, 11) is -3.10. The number of fused-ring (bicyclic) bond motifs is 1. The van der Waals surface area contributed by atoms with Gasteiger partial charge < -0.3 is 14.8 Å². The first kappa shape index (κ1) is 13.1. The van der Waals surface area contributed by atoms with Gasteiger partial charge in [0, 0.05) is 19.6 Å². The summed E-state index contributed by atoms with van der Waals surface area (Å²) in [5, 5.41) is 3.14. The molecule has 0 spiro atoms. The van der Waals surface area contributed by atoms with Crippen LogP contribution in [-0.4, -0.2) is 34.6 Å². The third kappa shape index (κ3) is 3.86. The number of hydrogen-bond donors (Lipinski definition) is 2. The molecule has 0 fully saturated rings. The van der Waals surface area contributed by atoms with Crippen molar-refractivity contribution in [3.63, 3.8) is 0 Å². The van der Waals surface area contributed by atoms with Crippen molar-refractivity contribution in [2.24, 2.45) is 0 Å². The normalized spacial score (nSPS) is 13.8. The van der Waals surface area contributed by atoms with Gasteiger partial charge in [0.05, 0.1) is 6.26 Å². The maximum absolute atomic E-state index is 10.8. The van der Waals surface area contributed by atoms with Gasteiger partial charge in [-0.05, 0) is 17.7 Å². The number of benzene rings is 1. The highest BCUT2D eigenvalue weighted by molar-refractivity contribution is 7.88. The average Bonchev–Trinajstić information content (AvgIpc) is 2.74. The second kappa shape index (κ2) is 5.55. The van der Waals surface area contributed by atoms with Crippen molar-refractivity contribution in [1.82, 2.24) is 10.0 Å². The summed E-state index contributed by atoms with van der Waals surface area (Å²) >= 11 is 0. The van der Waals surface area contributed by atoms with Crippen LogP contribution in [0.3, 0.4) is 0 Å². The van der Waals surface area contributed by atoms with Crippen molar-refractivity contribution in [1.29, 1.82) is 0 Å². The van der Waals surface area contributed by atoms with Gasteiger partial charge in [0.15, 0.2) is 11.5 Å². The molecule has 18 heavy (non-hydrogen) atoms. The standard InChI is InChI=1S/C11H16N2O4S/c1-18(14,15)13-5-4-12-7-9-2-3-10-11(6-9)17-8-16-10/h2-3,6,12-13H,4-5,7-8H2,1H3. The molecule has 0 bridgehead atoms. The van der Waals surface area contributed by atoms with E-state index in [-0.39, 0.29) is 6.79 Å². The van der Waals surface area contributed by atoms with Gasteiger partial charge in [-0.2, -0.15) is 0 Å². The fourth-order valence-corrected chi connectivity index (χ4v) is 2.08. The molecule has 0 saturated carbocycles. The lowest BCUT2D eigenvalue weighted by molar-refractivity contribution is 0.174. The van der Waals surface area contributed by atoms with Crippen molar-refractivity contribution in [2.75, 3.05) is 26.1 Å². The molecule has 2 N–H and O–H groups in total. The molecule has 0 aliphatic carbocycles. The summed E-state index contributed by atoms with van der Waals surface area (Å²) in [5.74, 6) is 1.51. The molecule has 2 rings (SSSR count). The van der Waals surface area contributed by atoms with Crippen LogP contribution >= 0.6 is 0 Å². The number of nitrogens with one attached hydrogen (secondary N) is 2. The van der Waals surface area contributed by atoms with Gasteiger partial charge in [0.1, 0.15) is 0 Å². The van der Waals surface area contributed by atoms with Crippen LogP contribution in [0.5, 0.6) is 11.5 Å². The fraction of sp³-hybridized carbons (Fsp3) is 0.455. The number of hydrogen-bond acceptors (Lipinski definition) is 5. The third-order valence-electron chi connectivity index (χ3n) is 2.43. The van der Waals surface area contributed by atoms with Crippen LogP contribution in [0.1, 0.15) is 5.56 Å². The Labute approximate surface area is 106 Å². The first-order chi connectivity index (χ1) is 8.54. The van der Waals surface area contributed by atoms with Gasteiger partial charge in [-0.3, -0.25) is 0 Å². The molecule has 1 aliphatic rings. The average molecular weight is 272 g/mol. The van der Waals surface area contributed by atoms with Crippen LogP contribution in [0.25, 0.3) is 0 Å². The molecule has 1 aromatic rings. The Morgan fingerprint density at radius 3 is 2.78 bits per heavy atom. The molecule has 0 radical (unpaired) electrons. The molecular formula is C11H16N2O4S. The lowest BCUT2D eigenvalue weighted by Crippen LogP contribution is -2.30. The summed E-state index contributed by atoms with van der Waals surface area (Å²) in [6.07, 6.45) is 1.14. The Hall–Kier alpha value is -1.31. The van der Waals surface area contributed by atoms with Crippen LogP contribution < -0.4 is 19.5 Å². The van der Waals surface area contributed by atoms with E-state index in [0.29, 0.717) is 19.6 Å². The zero-order valence-electron chi connectivity index (χ0n) is 10.1. The molecule has 100 valence electrons.